The first-order valence-electron chi connectivity index (χ1n) is 13.6. The number of ether oxygens (including phenoxy) is 3. The number of benzene rings is 1. The Kier molecular flexibility index (Phi) is 9.72. The number of hydrogen-bond acceptors (Lipinski definition) is 10. The maximum Gasteiger partial charge on any atom is 0.350 e. The van der Waals surface area contributed by atoms with Gasteiger partial charge in [0.2, 0.25) is 0 Å². The highest BCUT2D eigenvalue weighted by molar-refractivity contribution is 7.17. The number of unbranched alkanes of at least 4 members (excludes halogenated alkanes) is 2. The topological polar surface area (TPSA) is 128 Å². The fourth-order valence-electron chi connectivity index (χ4n) is 4.50. The Bertz CT molecular complexity index is 1450. The van der Waals surface area contributed by atoms with Crippen molar-refractivity contribution in [2.24, 2.45) is 0 Å². The SMILES string of the molecule is CCCCCOc1ccc(C2/C(=C(\O)c3ccncc3)C(=O)C(=O)N2c2nc(C)c(C(=O)OCC)s2)cc1OCC. The molecule has 1 saturated heterocycles. The van der Waals surface area contributed by atoms with Crippen molar-refractivity contribution in [3.63, 3.8) is 0 Å². The van der Waals surface area contributed by atoms with E-state index in [1.165, 1.54) is 17.3 Å². The smallest absolute Gasteiger partial charge is 0.350 e. The average Bonchev–Trinajstić information content (AvgIpc) is 3.48. The molecule has 0 spiro atoms. The number of aryl methyl sites for hydroxylation is 1. The first kappa shape index (κ1) is 29.7. The lowest BCUT2D eigenvalue weighted by molar-refractivity contribution is -0.132. The summed E-state index contributed by atoms with van der Waals surface area (Å²) in [6, 6.07) is 7.20. The molecule has 4 rings (SSSR count). The van der Waals surface area contributed by atoms with Crippen molar-refractivity contribution in [3.8, 4) is 11.5 Å². The normalized spacial score (nSPS) is 16.2. The molecule has 3 heterocycles. The number of carbonyl (C=O) groups is 3. The zero-order valence-corrected chi connectivity index (χ0v) is 24.3. The number of nitrogens with zero attached hydrogens (tertiary/aromatic N) is 3. The molecular formula is C30H33N3O7S. The Labute approximate surface area is 242 Å². The van der Waals surface area contributed by atoms with Crippen molar-refractivity contribution >= 4 is 39.9 Å². The van der Waals surface area contributed by atoms with Gasteiger partial charge in [-0.2, -0.15) is 0 Å². The second kappa shape index (κ2) is 13.4. The highest BCUT2D eigenvalue weighted by Gasteiger charge is 2.48. The van der Waals surface area contributed by atoms with E-state index in [2.05, 4.69) is 16.9 Å². The van der Waals surface area contributed by atoms with Crippen LogP contribution < -0.4 is 14.4 Å². The number of thiazole rings is 1. The number of aliphatic hydroxyl groups is 1. The minimum atomic E-state index is -1.06. The van der Waals surface area contributed by atoms with Gasteiger partial charge in [0.05, 0.1) is 37.1 Å². The van der Waals surface area contributed by atoms with Crippen LogP contribution in [0.25, 0.3) is 5.76 Å². The number of amides is 1. The average molecular weight is 580 g/mol. The number of carbonyl (C=O) groups excluding carboxylic acids is 3. The van der Waals surface area contributed by atoms with Crippen LogP contribution in [0.4, 0.5) is 5.13 Å². The summed E-state index contributed by atoms with van der Waals surface area (Å²) >= 11 is 0.949. The molecule has 1 atom stereocenters. The Morgan fingerprint density at radius 1 is 1.02 bits per heavy atom. The zero-order valence-electron chi connectivity index (χ0n) is 23.5. The second-order valence-electron chi connectivity index (χ2n) is 9.23. The highest BCUT2D eigenvalue weighted by atomic mass is 32.1. The lowest BCUT2D eigenvalue weighted by atomic mass is 9.95. The number of Topliss-reactive ketones (excluding diaryl/α,β-unsaturated/α-hetero) is 1. The Hall–Kier alpha value is -4.25. The summed E-state index contributed by atoms with van der Waals surface area (Å²) in [6.45, 7) is 8.34. The van der Waals surface area contributed by atoms with Gasteiger partial charge < -0.3 is 19.3 Å². The van der Waals surface area contributed by atoms with Crippen LogP contribution in [0.2, 0.25) is 0 Å². The molecule has 0 saturated carbocycles. The molecule has 1 fully saturated rings. The van der Waals surface area contributed by atoms with Crippen molar-refractivity contribution in [1.29, 1.82) is 0 Å². The van der Waals surface area contributed by atoms with E-state index in [9.17, 15) is 19.5 Å². The monoisotopic (exact) mass is 579 g/mol. The molecule has 0 bridgehead atoms. The zero-order chi connectivity index (χ0) is 29.5. The summed E-state index contributed by atoms with van der Waals surface area (Å²) in [6.07, 6.45) is 5.95. The summed E-state index contributed by atoms with van der Waals surface area (Å²) in [5.41, 5.74) is 1.07. The van der Waals surface area contributed by atoms with Crippen LogP contribution in [0.3, 0.4) is 0 Å². The van der Waals surface area contributed by atoms with Gasteiger partial charge in [0.15, 0.2) is 16.6 Å². The Morgan fingerprint density at radius 2 is 1.78 bits per heavy atom. The quantitative estimate of drug-likeness (QED) is 0.0956. The van der Waals surface area contributed by atoms with Crippen LogP contribution in [0, 0.1) is 6.92 Å². The van der Waals surface area contributed by atoms with Crippen LogP contribution in [0.1, 0.15) is 72.6 Å². The number of ketones is 1. The maximum absolute atomic E-state index is 13.5. The molecule has 2 aromatic heterocycles. The molecule has 1 N–H and O–H groups in total. The molecule has 1 aliphatic heterocycles. The van der Waals surface area contributed by atoms with Crippen molar-refractivity contribution < 1.29 is 33.7 Å². The van der Waals surface area contributed by atoms with Gasteiger partial charge in [-0.05, 0) is 57.0 Å². The largest absolute Gasteiger partial charge is 0.507 e. The number of aliphatic hydroxyl groups excluding tert-OH is 1. The van der Waals surface area contributed by atoms with Gasteiger partial charge in [-0.1, -0.05) is 37.2 Å². The third-order valence-corrected chi connectivity index (χ3v) is 7.58. The third kappa shape index (κ3) is 6.25. The fraction of sp³-hybridized carbons (Fsp3) is 0.367. The molecule has 3 aromatic rings. The molecule has 10 nitrogen and oxygen atoms in total. The van der Waals surface area contributed by atoms with E-state index in [4.69, 9.17) is 14.2 Å². The lowest BCUT2D eigenvalue weighted by Gasteiger charge is -2.24. The molecule has 1 aliphatic rings. The minimum absolute atomic E-state index is 0.120. The molecular weight excluding hydrogens is 546 g/mol. The van der Waals surface area contributed by atoms with Crippen LogP contribution in [0.5, 0.6) is 11.5 Å². The number of pyridine rings is 1. The number of anilines is 1. The van der Waals surface area contributed by atoms with E-state index in [-0.39, 0.29) is 27.9 Å². The summed E-state index contributed by atoms with van der Waals surface area (Å²) in [5.74, 6) is -1.71. The summed E-state index contributed by atoms with van der Waals surface area (Å²) in [7, 11) is 0. The van der Waals surface area contributed by atoms with E-state index >= 15 is 0 Å². The van der Waals surface area contributed by atoms with E-state index in [1.54, 1.807) is 44.2 Å². The van der Waals surface area contributed by atoms with Crippen molar-refractivity contribution in [3.05, 3.63) is 70.0 Å². The Balaban J connectivity index is 1.86. The standard InChI is InChI=1S/C30H33N3O7S/c1-5-8-9-16-40-21-11-10-20(17-22(21)38-6-2)24-23(25(34)19-12-14-31-15-13-19)26(35)28(36)33(24)30-32-18(4)27(41-30)29(37)39-7-3/h10-15,17,24,34H,5-9,16H2,1-4H3/b25-23+. The molecule has 1 aromatic carbocycles. The fourth-order valence-corrected chi connectivity index (χ4v) is 5.49. The van der Waals surface area contributed by atoms with E-state index < -0.39 is 23.7 Å². The molecule has 1 unspecified atom stereocenters. The molecule has 11 heteroatoms. The predicted octanol–water partition coefficient (Wildman–Crippen LogP) is 5.62. The van der Waals surface area contributed by atoms with E-state index in [0.717, 1.165) is 30.6 Å². The first-order chi connectivity index (χ1) is 19.8. The number of esters is 1. The van der Waals surface area contributed by atoms with Gasteiger partial charge in [-0.3, -0.25) is 19.5 Å². The molecule has 216 valence electrons. The van der Waals surface area contributed by atoms with E-state index in [1.807, 2.05) is 6.92 Å². The van der Waals surface area contributed by atoms with Crippen molar-refractivity contribution in [2.75, 3.05) is 24.7 Å². The second-order valence-corrected chi connectivity index (χ2v) is 10.2. The van der Waals surface area contributed by atoms with Gasteiger partial charge in [-0.25, -0.2) is 9.78 Å². The third-order valence-electron chi connectivity index (χ3n) is 6.44. The van der Waals surface area contributed by atoms with Crippen LogP contribution in [-0.4, -0.2) is 52.6 Å². The van der Waals surface area contributed by atoms with Crippen molar-refractivity contribution in [1.82, 2.24) is 9.97 Å². The molecule has 0 radical (unpaired) electrons. The summed E-state index contributed by atoms with van der Waals surface area (Å²) in [4.78, 5) is 49.4. The van der Waals surface area contributed by atoms with Crippen LogP contribution >= 0.6 is 11.3 Å². The van der Waals surface area contributed by atoms with Gasteiger partial charge in [0.25, 0.3) is 5.78 Å². The minimum Gasteiger partial charge on any atom is -0.507 e. The number of rotatable bonds is 12. The molecule has 41 heavy (non-hydrogen) atoms. The summed E-state index contributed by atoms with van der Waals surface area (Å²) in [5, 5.41) is 11.5. The molecule has 1 amide bonds. The van der Waals surface area contributed by atoms with Crippen LogP contribution in [-0.2, 0) is 14.3 Å². The van der Waals surface area contributed by atoms with Crippen LogP contribution in [0.15, 0.2) is 48.3 Å². The van der Waals surface area contributed by atoms with Crippen molar-refractivity contribution in [2.45, 2.75) is 53.0 Å². The lowest BCUT2D eigenvalue weighted by Crippen LogP contribution is -2.29. The summed E-state index contributed by atoms with van der Waals surface area (Å²) < 4.78 is 17.0. The Morgan fingerprint density at radius 3 is 2.46 bits per heavy atom. The highest BCUT2D eigenvalue weighted by Crippen LogP contribution is 2.45. The van der Waals surface area contributed by atoms with Gasteiger partial charge in [0.1, 0.15) is 10.6 Å². The predicted molar refractivity (Wildman–Crippen MR) is 154 cm³/mol. The number of hydrogen-bond donors (Lipinski definition) is 1. The maximum atomic E-state index is 13.5. The molecule has 0 aliphatic carbocycles. The van der Waals surface area contributed by atoms with Gasteiger partial charge >= 0.3 is 11.9 Å². The van der Waals surface area contributed by atoms with Gasteiger partial charge in [-0.15, -0.1) is 0 Å². The van der Waals surface area contributed by atoms with E-state index in [0.29, 0.717) is 41.5 Å². The number of aromatic nitrogens is 2. The van der Waals surface area contributed by atoms with Gasteiger partial charge in [0, 0.05) is 18.0 Å². The first-order valence-corrected chi connectivity index (χ1v) is 14.4.